The molecule has 0 aromatic rings. The van der Waals surface area contributed by atoms with Gasteiger partial charge in [-0.25, -0.2) is 28.8 Å². The van der Waals surface area contributed by atoms with Gasteiger partial charge in [0.1, 0.15) is 51.7 Å². The highest BCUT2D eigenvalue weighted by Gasteiger charge is 2.42. The molecule has 1 aliphatic rings. The summed E-state index contributed by atoms with van der Waals surface area (Å²) in [6.07, 6.45) is 5.85. The van der Waals surface area contributed by atoms with Gasteiger partial charge in [-0.2, -0.15) is 0 Å². The minimum absolute atomic E-state index is 0.172. The minimum atomic E-state index is -1.95. The Bertz CT molecular complexity index is 1280. The van der Waals surface area contributed by atoms with Gasteiger partial charge in [-0.15, -0.1) is 0 Å². The first-order valence-electron chi connectivity index (χ1n) is 15.4. The fourth-order valence-corrected chi connectivity index (χ4v) is 4.32. The van der Waals surface area contributed by atoms with Crippen LogP contribution < -0.4 is 0 Å². The van der Waals surface area contributed by atoms with Crippen molar-refractivity contribution in [3.63, 3.8) is 0 Å². The van der Waals surface area contributed by atoms with Crippen molar-refractivity contribution < 1.29 is 76.3 Å². The minimum Gasteiger partial charge on any atom is -0.464 e. The maximum Gasteiger partial charge on any atom is 0.331 e. The van der Waals surface area contributed by atoms with E-state index in [1.807, 2.05) is 0 Å². The first-order chi connectivity index (χ1) is 24.2. The normalized spacial score (nSPS) is 15.2. The number of hydrogen-bond donors (Lipinski definition) is 0. The van der Waals surface area contributed by atoms with E-state index in [1.165, 1.54) is 0 Å². The molecule has 1 aliphatic carbocycles. The molecule has 0 bridgehead atoms. The van der Waals surface area contributed by atoms with E-state index in [2.05, 4.69) is 39.5 Å². The van der Waals surface area contributed by atoms with Crippen LogP contribution in [0.2, 0.25) is 0 Å². The van der Waals surface area contributed by atoms with E-state index in [4.69, 9.17) is 37.9 Å². The highest BCUT2D eigenvalue weighted by molar-refractivity contribution is 5.84. The van der Waals surface area contributed by atoms with Crippen LogP contribution in [-0.4, -0.2) is 99.6 Å². The maximum absolute atomic E-state index is 13.1. The molecule has 0 aromatic heterocycles. The average Bonchev–Trinajstić information content (AvgIpc) is 3.16. The van der Waals surface area contributed by atoms with Crippen molar-refractivity contribution in [2.45, 2.75) is 31.3 Å². The quantitative estimate of drug-likeness (QED) is 0.0840. The van der Waals surface area contributed by atoms with Crippen molar-refractivity contribution in [1.82, 2.24) is 0 Å². The van der Waals surface area contributed by atoms with Gasteiger partial charge < -0.3 is 37.9 Å². The molecule has 278 valence electrons. The Morgan fingerprint density at radius 2 is 0.667 bits per heavy atom. The van der Waals surface area contributed by atoms with E-state index in [0.29, 0.717) is 0 Å². The second-order valence-electron chi connectivity index (χ2n) is 11.1. The lowest BCUT2D eigenvalue weighted by atomic mass is 9.82. The highest BCUT2D eigenvalue weighted by atomic mass is 16.6. The van der Waals surface area contributed by atoms with Gasteiger partial charge in [-0.05, 0) is 25.7 Å². The van der Waals surface area contributed by atoms with Crippen LogP contribution in [0, 0.1) is 17.3 Å². The molecule has 0 aliphatic heterocycles. The third kappa shape index (κ3) is 15.5. The molecule has 0 atom stereocenters. The second kappa shape index (κ2) is 22.0. The van der Waals surface area contributed by atoms with E-state index in [9.17, 15) is 38.4 Å². The molecule has 0 amide bonds. The van der Waals surface area contributed by atoms with E-state index in [-0.39, 0.29) is 25.7 Å². The van der Waals surface area contributed by atoms with Gasteiger partial charge in [-0.3, -0.25) is 9.59 Å². The van der Waals surface area contributed by atoms with Crippen LogP contribution in [0.1, 0.15) is 25.7 Å². The molecule has 0 heterocycles. The lowest BCUT2D eigenvalue weighted by Crippen LogP contribution is -2.50. The molecule has 0 radical (unpaired) electrons. The van der Waals surface area contributed by atoms with Gasteiger partial charge in [0.15, 0.2) is 0 Å². The average molecular weight is 719 g/mol. The number of carbonyl (C=O) groups excluding carboxylic acids is 8. The zero-order valence-electron chi connectivity index (χ0n) is 28.2. The summed E-state index contributed by atoms with van der Waals surface area (Å²) in [5.41, 5.74) is -3.47. The molecule has 0 spiro atoms. The van der Waals surface area contributed by atoms with Gasteiger partial charge in [0.2, 0.25) is 5.60 Å². The van der Waals surface area contributed by atoms with Crippen molar-refractivity contribution in [3.05, 3.63) is 75.9 Å². The van der Waals surface area contributed by atoms with Crippen molar-refractivity contribution in [2.24, 2.45) is 17.3 Å². The van der Waals surface area contributed by atoms with Crippen LogP contribution in [-0.2, 0) is 76.3 Å². The fourth-order valence-electron chi connectivity index (χ4n) is 4.32. The highest BCUT2D eigenvalue weighted by Crippen LogP contribution is 2.32. The van der Waals surface area contributed by atoms with Gasteiger partial charge in [0.05, 0.1) is 11.8 Å². The summed E-state index contributed by atoms with van der Waals surface area (Å²) in [6, 6.07) is 0. The molecule has 16 heteroatoms. The predicted octanol–water partition coefficient (Wildman–Crippen LogP) is 1.98. The fraction of sp³-hybridized carbons (Fsp3) is 0.429. The Morgan fingerprint density at radius 1 is 0.412 bits per heavy atom. The first-order valence-corrected chi connectivity index (χ1v) is 15.4. The Morgan fingerprint density at radius 3 is 0.980 bits per heavy atom. The summed E-state index contributed by atoms with van der Waals surface area (Å²) in [6.45, 7) is 15.7. The SMILES string of the molecule is C=CC(=O)OCC(COC(=O)C=C)(COC(=O)C=C)COC(=O)C1CCC(C(=O)OCC(COC(=O)C=C)(COC(=O)C=C)OC(=O)C=C)CC1. The van der Waals surface area contributed by atoms with Crippen molar-refractivity contribution in [1.29, 1.82) is 0 Å². The Kier molecular flexibility index (Phi) is 18.7. The number of ether oxygens (including phenoxy) is 8. The van der Waals surface area contributed by atoms with Crippen LogP contribution >= 0.6 is 0 Å². The lowest BCUT2D eigenvalue weighted by molar-refractivity contribution is -0.192. The van der Waals surface area contributed by atoms with E-state index < -0.39 is 117 Å². The maximum atomic E-state index is 13.1. The van der Waals surface area contributed by atoms with Crippen molar-refractivity contribution in [3.8, 4) is 0 Å². The molecule has 1 saturated carbocycles. The molecule has 16 nitrogen and oxygen atoms in total. The van der Waals surface area contributed by atoms with Gasteiger partial charge >= 0.3 is 47.8 Å². The standard InChI is InChI=1S/C35H42O16/c1-7-26(36)44-17-34(18-45-27(37)8-2,19-46-28(38)9-3)20-49-32(42)24-13-15-25(16-14-24)33(43)50-23-35(51-31(41)12-6,21-47-29(39)10-4)22-48-30(40)11-5/h7-12,24-25H,1-6,13-23H2. The predicted molar refractivity (Wildman–Crippen MR) is 175 cm³/mol. The molecule has 1 rings (SSSR count). The molecular weight excluding hydrogens is 676 g/mol. The molecule has 0 saturated heterocycles. The molecule has 51 heavy (non-hydrogen) atoms. The van der Waals surface area contributed by atoms with Gasteiger partial charge in [0.25, 0.3) is 0 Å². The summed E-state index contributed by atoms with van der Waals surface area (Å²) in [7, 11) is 0. The van der Waals surface area contributed by atoms with Crippen molar-refractivity contribution >= 4 is 47.8 Å². The van der Waals surface area contributed by atoms with Gasteiger partial charge in [0, 0.05) is 36.5 Å². The summed E-state index contributed by atoms with van der Waals surface area (Å²) in [5, 5.41) is 0. The van der Waals surface area contributed by atoms with E-state index >= 15 is 0 Å². The van der Waals surface area contributed by atoms with Crippen LogP contribution in [0.15, 0.2) is 75.9 Å². The molecule has 0 unspecified atom stereocenters. The summed E-state index contributed by atoms with van der Waals surface area (Å²) in [5.74, 6) is -8.11. The summed E-state index contributed by atoms with van der Waals surface area (Å²) in [4.78, 5) is 97.3. The summed E-state index contributed by atoms with van der Waals surface area (Å²) >= 11 is 0. The lowest BCUT2D eigenvalue weighted by Gasteiger charge is -2.33. The summed E-state index contributed by atoms with van der Waals surface area (Å²) < 4.78 is 41.7. The van der Waals surface area contributed by atoms with E-state index in [1.54, 1.807) is 0 Å². The van der Waals surface area contributed by atoms with Gasteiger partial charge in [-0.1, -0.05) is 39.5 Å². The number of esters is 8. The Hall–Kier alpha value is -5.80. The Labute approximate surface area is 294 Å². The molecule has 0 N–H and O–H groups in total. The third-order valence-electron chi connectivity index (χ3n) is 7.23. The number of rotatable bonds is 23. The number of carbonyl (C=O) groups is 8. The van der Waals surface area contributed by atoms with Crippen LogP contribution in [0.5, 0.6) is 0 Å². The largest absolute Gasteiger partial charge is 0.464 e. The topological polar surface area (TPSA) is 210 Å². The second-order valence-corrected chi connectivity index (χ2v) is 11.1. The molecular formula is C35H42O16. The third-order valence-corrected chi connectivity index (χ3v) is 7.23. The zero-order chi connectivity index (χ0) is 38.5. The van der Waals surface area contributed by atoms with E-state index in [0.717, 1.165) is 36.5 Å². The molecule has 0 aromatic carbocycles. The van der Waals surface area contributed by atoms with Crippen LogP contribution in [0.3, 0.4) is 0 Å². The zero-order valence-corrected chi connectivity index (χ0v) is 28.2. The smallest absolute Gasteiger partial charge is 0.331 e. The monoisotopic (exact) mass is 718 g/mol. The molecule has 1 fully saturated rings. The van der Waals surface area contributed by atoms with Crippen molar-refractivity contribution in [2.75, 3.05) is 46.2 Å². The Balaban J connectivity index is 3.01. The first kappa shape index (κ1) is 43.2. The number of hydrogen-bond acceptors (Lipinski definition) is 16. The van der Waals surface area contributed by atoms with Crippen LogP contribution in [0.4, 0.5) is 0 Å². The van der Waals surface area contributed by atoms with Crippen LogP contribution in [0.25, 0.3) is 0 Å².